The lowest BCUT2D eigenvalue weighted by molar-refractivity contribution is 0.160. The molecule has 1 N–H and O–H groups in total. The number of hydrogen-bond donors (Lipinski definition) is 1. The van der Waals surface area contributed by atoms with Crippen LogP contribution < -0.4 is 5.32 Å². The zero-order valence-corrected chi connectivity index (χ0v) is 14.3. The summed E-state index contributed by atoms with van der Waals surface area (Å²) in [6.45, 7) is 4.53. The zero-order chi connectivity index (χ0) is 16.7. The molecule has 2 aromatic rings. The van der Waals surface area contributed by atoms with Crippen LogP contribution in [-0.4, -0.2) is 32.4 Å². The number of thioether (sulfide) groups is 1. The minimum Gasteiger partial charge on any atom is -0.449 e. The lowest BCUT2D eigenvalue weighted by Gasteiger charge is -2.12. The number of pyridine rings is 1. The number of carbonyl (C=O) groups excluding carboxylic acids is 1. The molecule has 23 heavy (non-hydrogen) atoms. The van der Waals surface area contributed by atoms with E-state index in [1.165, 1.54) is 0 Å². The molecule has 1 atom stereocenters. The monoisotopic (exact) mass is 335 g/mol. The fourth-order valence-electron chi connectivity index (χ4n) is 1.82. The van der Waals surface area contributed by atoms with E-state index in [1.807, 2.05) is 30.7 Å². The van der Waals surface area contributed by atoms with Crippen molar-refractivity contribution < 1.29 is 9.53 Å². The SMILES string of the molecule is CCCCOC(=O)Nc1cc([C@H](C)Sc2nncn2C)ccn1. The van der Waals surface area contributed by atoms with Gasteiger partial charge in [0.1, 0.15) is 12.1 Å². The number of unbranched alkanes of at least 4 members (excludes halogenated alkanes) is 1. The Morgan fingerprint density at radius 2 is 2.35 bits per heavy atom. The van der Waals surface area contributed by atoms with Gasteiger partial charge in [-0.2, -0.15) is 0 Å². The third-order valence-corrected chi connectivity index (χ3v) is 4.37. The van der Waals surface area contributed by atoms with Crippen LogP contribution in [0.25, 0.3) is 0 Å². The quantitative estimate of drug-likeness (QED) is 0.617. The molecule has 0 aliphatic rings. The number of nitrogens with zero attached hydrogens (tertiary/aromatic N) is 4. The number of carbonyl (C=O) groups is 1. The second kappa shape index (κ2) is 8.52. The van der Waals surface area contributed by atoms with Crippen LogP contribution in [0.3, 0.4) is 0 Å². The van der Waals surface area contributed by atoms with E-state index >= 15 is 0 Å². The van der Waals surface area contributed by atoms with E-state index in [0.717, 1.165) is 23.6 Å². The fourth-order valence-corrected chi connectivity index (χ4v) is 2.73. The lowest BCUT2D eigenvalue weighted by atomic mass is 10.2. The summed E-state index contributed by atoms with van der Waals surface area (Å²) < 4.78 is 6.94. The van der Waals surface area contributed by atoms with Crippen LogP contribution >= 0.6 is 11.8 Å². The molecular weight excluding hydrogens is 314 g/mol. The van der Waals surface area contributed by atoms with Crippen LogP contribution in [0.2, 0.25) is 0 Å². The Bertz CT molecular complexity index is 646. The Kier molecular flexibility index (Phi) is 6.40. The van der Waals surface area contributed by atoms with Gasteiger partial charge in [-0.25, -0.2) is 9.78 Å². The van der Waals surface area contributed by atoms with Crippen LogP contribution in [0.15, 0.2) is 29.8 Å². The fraction of sp³-hybridized carbons (Fsp3) is 0.467. The van der Waals surface area contributed by atoms with Gasteiger partial charge in [0.05, 0.1) is 6.61 Å². The average molecular weight is 335 g/mol. The predicted octanol–water partition coefficient (Wildman–Crippen LogP) is 3.41. The Balaban J connectivity index is 1.96. The number of ether oxygens (including phenoxy) is 1. The van der Waals surface area contributed by atoms with Gasteiger partial charge < -0.3 is 9.30 Å². The smallest absolute Gasteiger partial charge is 0.412 e. The summed E-state index contributed by atoms with van der Waals surface area (Å²) in [6, 6.07) is 3.76. The summed E-state index contributed by atoms with van der Waals surface area (Å²) in [5.74, 6) is 0.481. The molecule has 0 aromatic carbocycles. The number of aryl methyl sites for hydroxylation is 1. The van der Waals surface area contributed by atoms with E-state index in [4.69, 9.17) is 4.74 Å². The molecule has 0 spiro atoms. The molecule has 8 heteroatoms. The number of rotatable bonds is 7. The molecule has 7 nitrogen and oxygen atoms in total. The van der Waals surface area contributed by atoms with E-state index in [1.54, 1.807) is 24.3 Å². The summed E-state index contributed by atoms with van der Waals surface area (Å²) in [4.78, 5) is 15.8. The molecule has 0 unspecified atom stereocenters. The van der Waals surface area contributed by atoms with Crippen molar-refractivity contribution in [2.45, 2.75) is 37.1 Å². The third-order valence-electron chi connectivity index (χ3n) is 3.17. The Morgan fingerprint density at radius 3 is 3.04 bits per heavy atom. The van der Waals surface area contributed by atoms with Gasteiger partial charge in [-0.1, -0.05) is 25.1 Å². The molecule has 0 radical (unpaired) electrons. The van der Waals surface area contributed by atoms with Gasteiger partial charge in [0.15, 0.2) is 5.16 Å². The van der Waals surface area contributed by atoms with Gasteiger partial charge >= 0.3 is 6.09 Å². The van der Waals surface area contributed by atoms with E-state index in [9.17, 15) is 4.79 Å². The summed E-state index contributed by atoms with van der Waals surface area (Å²) in [7, 11) is 1.90. The van der Waals surface area contributed by atoms with Crippen molar-refractivity contribution in [1.29, 1.82) is 0 Å². The molecule has 1 amide bonds. The normalized spacial score (nSPS) is 12.0. The van der Waals surface area contributed by atoms with Crippen LogP contribution in [0.1, 0.15) is 37.5 Å². The van der Waals surface area contributed by atoms with Crippen LogP contribution in [-0.2, 0) is 11.8 Å². The molecule has 2 heterocycles. The largest absolute Gasteiger partial charge is 0.449 e. The first-order valence-corrected chi connectivity index (χ1v) is 8.38. The molecule has 0 bridgehead atoms. The van der Waals surface area contributed by atoms with Crippen molar-refractivity contribution in [3.63, 3.8) is 0 Å². The van der Waals surface area contributed by atoms with Crippen molar-refractivity contribution in [3.8, 4) is 0 Å². The third kappa shape index (κ3) is 5.24. The first-order valence-electron chi connectivity index (χ1n) is 7.50. The topological polar surface area (TPSA) is 81.9 Å². The molecule has 0 aliphatic carbocycles. The molecule has 2 rings (SSSR count). The molecular formula is C15H21N5O2S. The standard InChI is InChI=1S/C15H21N5O2S/c1-4-5-8-22-15(21)18-13-9-12(6-7-16-13)11(2)23-14-19-17-10-20(14)3/h6-7,9-11H,4-5,8H2,1-3H3,(H,16,18,21)/t11-/m0/s1. The molecule has 0 fully saturated rings. The first-order chi connectivity index (χ1) is 11.1. The van der Waals surface area contributed by atoms with Crippen LogP contribution in [0.5, 0.6) is 0 Å². The van der Waals surface area contributed by atoms with Gasteiger partial charge in [0.25, 0.3) is 0 Å². The summed E-state index contributed by atoms with van der Waals surface area (Å²) in [6.07, 6.45) is 4.70. The second-order valence-corrected chi connectivity index (χ2v) is 6.38. The maximum Gasteiger partial charge on any atom is 0.412 e. The van der Waals surface area contributed by atoms with Crippen molar-refractivity contribution >= 4 is 23.7 Å². The highest BCUT2D eigenvalue weighted by molar-refractivity contribution is 7.99. The van der Waals surface area contributed by atoms with Crippen molar-refractivity contribution in [2.24, 2.45) is 7.05 Å². The maximum atomic E-state index is 11.7. The van der Waals surface area contributed by atoms with E-state index < -0.39 is 6.09 Å². The number of amides is 1. The predicted molar refractivity (Wildman–Crippen MR) is 89.4 cm³/mol. The maximum absolute atomic E-state index is 11.7. The van der Waals surface area contributed by atoms with Gasteiger partial charge in [0, 0.05) is 18.5 Å². The van der Waals surface area contributed by atoms with Crippen molar-refractivity contribution in [3.05, 3.63) is 30.2 Å². The van der Waals surface area contributed by atoms with E-state index in [-0.39, 0.29) is 5.25 Å². The number of aromatic nitrogens is 4. The zero-order valence-electron chi connectivity index (χ0n) is 13.5. The highest BCUT2D eigenvalue weighted by atomic mass is 32.2. The molecule has 0 saturated heterocycles. The number of nitrogens with one attached hydrogen (secondary N) is 1. The van der Waals surface area contributed by atoms with Crippen molar-refractivity contribution in [1.82, 2.24) is 19.7 Å². The lowest BCUT2D eigenvalue weighted by Crippen LogP contribution is -2.15. The summed E-state index contributed by atoms with van der Waals surface area (Å²) >= 11 is 1.59. The Hall–Kier alpha value is -2.09. The summed E-state index contributed by atoms with van der Waals surface area (Å²) in [5.41, 5.74) is 1.04. The average Bonchev–Trinajstić information content (AvgIpc) is 2.93. The minimum absolute atomic E-state index is 0.151. The van der Waals surface area contributed by atoms with Gasteiger partial charge in [-0.3, -0.25) is 5.32 Å². The number of anilines is 1. The molecule has 124 valence electrons. The van der Waals surface area contributed by atoms with Gasteiger partial charge in [-0.05, 0) is 31.0 Å². The first kappa shape index (κ1) is 17.3. The van der Waals surface area contributed by atoms with E-state index in [2.05, 4.69) is 27.4 Å². The minimum atomic E-state index is -0.475. The molecule has 0 saturated carbocycles. The second-order valence-electron chi connectivity index (χ2n) is 5.07. The molecule has 0 aliphatic heterocycles. The van der Waals surface area contributed by atoms with Crippen molar-refractivity contribution in [2.75, 3.05) is 11.9 Å². The van der Waals surface area contributed by atoms with Gasteiger partial charge in [-0.15, -0.1) is 10.2 Å². The van der Waals surface area contributed by atoms with Crippen LogP contribution in [0, 0.1) is 0 Å². The Morgan fingerprint density at radius 1 is 1.52 bits per heavy atom. The summed E-state index contributed by atoms with van der Waals surface area (Å²) in [5, 5.41) is 11.6. The highest BCUT2D eigenvalue weighted by Crippen LogP contribution is 2.33. The number of hydrogen-bond acceptors (Lipinski definition) is 6. The van der Waals surface area contributed by atoms with Gasteiger partial charge in [0.2, 0.25) is 0 Å². The van der Waals surface area contributed by atoms with E-state index in [0.29, 0.717) is 12.4 Å². The highest BCUT2D eigenvalue weighted by Gasteiger charge is 2.13. The molecule has 2 aromatic heterocycles. The Labute approximate surface area is 139 Å². The van der Waals surface area contributed by atoms with Crippen LogP contribution in [0.4, 0.5) is 10.6 Å².